The van der Waals surface area contributed by atoms with Gasteiger partial charge in [0.15, 0.2) is 0 Å². The van der Waals surface area contributed by atoms with Gasteiger partial charge in [0.25, 0.3) is 0 Å². The minimum atomic E-state index is -1.16. The third-order valence-corrected chi connectivity index (χ3v) is 3.93. The number of hydrogen-bond donors (Lipinski definition) is 1. The molecule has 0 amide bonds. The van der Waals surface area contributed by atoms with E-state index in [1.165, 1.54) is 24.8 Å². The molecule has 1 atom stereocenters. The van der Waals surface area contributed by atoms with Gasteiger partial charge in [0.1, 0.15) is 0 Å². The van der Waals surface area contributed by atoms with Gasteiger partial charge < -0.3 is 5.11 Å². The smallest absolute Gasteiger partial charge is 0.0928 e. The van der Waals surface area contributed by atoms with Crippen molar-refractivity contribution in [3.63, 3.8) is 0 Å². The molecule has 0 heterocycles. The molecule has 0 spiro atoms. The summed E-state index contributed by atoms with van der Waals surface area (Å²) in [6.07, 6.45) is 9.98. The molecule has 1 unspecified atom stereocenters. The summed E-state index contributed by atoms with van der Waals surface area (Å²) in [6.45, 7) is 6.87. The van der Waals surface area contributed by atoms with E-state index in [4.69, 9.17) is 0 Å². The van der Waals surface area contributed by atoms with Crippen LogP contribution >= 0.6 is 0 Å². The molecule has 1 aliphatic carbocycles. The number of hydrogen-bond acceptors (Lipinski definition) is 1. The monoisotopic (exact) mass is 224 g/mol. The van der Waals surface area contributed by atoms with E-state index in [9.17, 15) is 5.11 Å². The van der Waals surface area contributed by atoms with E-state index in [2.05, 4.69) is 31.4 Å². The highest BCUT2D eigenvalue weighted by atomic mass is 28.3. The Labute approximate surface area is 94.9 Å². The third-order valence-electron chi connectivity index (χ3n) is 2.73. The zero-order chi connectivity index (χ0) is 11.3. The van der Waals surface area contributed by atoms with Crippen LogP contribution in [0.2, 0.25) is 19.6 Å². The molecule has 0 saturated heterocycles. The molecule has 86 valence electrons. The Morgan fingerprint density at radius 3 is 2.67 bits per heavy atom. The van der Waals surface area contributed by atoms with E-state index in [0.29, 0.717) is 0 Å². The fraction of sp³-hybridized carbons (Fsp3) is 0.692. The number of allylic oxidation sites excluding steroid dienone is 1. The molecule has 0 radical (unpaired) electrons. The lowest BCUT2D eigenvalue weighted by Crippen LogP contribution is -2.17. The van der Waals surface area contributed by atoms with Gasteiger partial charge in [0.05, 0.1) is 14.2 Å². The van der Waals surface area contributed by atoms with Crippen molar-refractivity contribution >= 4 is 8.07 Å². The van der Waals surface area contributed by atoms with Crippen molar-refractivity contribution in [3.05, 3.63) is 23.4 Å². The summed E-state index contributed by atoms with van der Waals surface area (Å²) in [7, 11) is -1.16. The van der Waals surface area contributed by atoms with E-state index in [1.807, 2.05) is 6.08 Å². The van der Waals surface area contributed by atoms with Crippen LogP contribution in [0.15, 0.2) is 23.4 Å². The highest BCUT2D eigenvalue weighted by Gasteiger charge is 2.12. The summed E-state index contributed by atoms with van der Waals surface area (Å²) < 4.78 is 0. The van der Waals surface area contributed by atoms with E-state index in [0.717, 1.165) is 12.8 Å². The lowest BCUT2D eigenvalue weighted by atomic mass is 10.1. The van der Waals surface area contributed by atoms with E-state index in [-0.39, 0.29) is 6.10 Å². The molecule has 0 saturated carbocycles. The molecule has 1 N–H and O–H groups in total. The largest absolute Gasteiger partial charge is 0.385 e. The van der Waals surface area contributed by atoms with Crippen molar-refractivity contribution in [2.45, 2.75) is 57.8 Å². The van der Waals surface area contributed by atoms with Crippen LogP contribution in [-0.4, -0.2) is 19.3 Å². The first-order chi connectivity index (χ1) is 6.99. The van der Waals surface area contributed by atoms with Gasteiger partial charge in [-0.15, -0.1) is 0 Å². The van der Waals surface area contributed by atoms with Crippen LogP contribution < -0.4 is 0 Å². The topological polar surface area (TPSA) is 20.2 Å². The molecule has 1 nitrogen and oxygen atoms in total. The van der Waals surface area contributed by atoms with Crippen LogP contribution in [0.5, 0.6) is 0 Å². The summed E-state index contributed by atoms with van der Waals surface area (Å²) >= 11 is 0. The van der Waals surface area contributed by atoms with E-state index >= 15 is 0 Å². The van der Waals surface area contributed by atoms with E-state index in [1.54, 1.807) is 0 Å². The maximum Gasteiger partial charge on any atom is 0.0928 e. The Morgan fingerprint density at radius 1 is 1.27 bits per heavy atom. The van der Waals surface area contributed by atoms with Gasteiger partial charge in [-0.1, -0.05) is 43.9 Å². The second-order valence-corrected chi connectivity index (χ2v) is 10.6. The van der Waals surface area contributed by atoms with Crippen molar-refractivity contribution in [2.24, 2.45) is 0 Å². The molecule has 0 aromatic carbocycles. The average molecular weight is 224 g/mol. The van der Waals surface area contributed by atoms with E-state index < -0.39 is 8.07 Å². The van der Waals surface area contributed by atoms with Crippen LogP contribution in [0.4, 0.5) is 0 Å². The predicted octanol–water partition coefficient (Wildman–Crippen LogP) is 3.67. The third kappa shape index (κ3) is 5.33. The van der Waals surface area contributed by atoms with Crippen LogP contribution in [0.1, 0.15) is 32.1 Å². The standard InChI is InChI=1S/C13H24OSi/c1-15(2,3)11-10-13(14)12-8-6-4-5-7-9-12/h8,10-11,13-14H,4-7,9H2,1-3H3/b11-10+. The Balaban J connectivity index is 2.55. The first-order valence-electron chi connectivity index (χ1n) is 6.05. The average Bonchev–Trinajstić information content (AvgIpc) is 2.41. The molecule has 0 fully saturated rings. The molecular weight excluding hydrogens is 200 g/mol. The zero-order valence-corrected chi connectivity index (χ0v) is 11.3. The van der Waals surface area contributed by atoms with Crippen LogP contribution in [-0.2, 0) is 0 Å². The highest BCUT2D eigenvalue weighted by molar-refractivity contribution is 6.80. The quantitative estimate of drug-likeness (QED) is 0.573. The van der Waals surface area contributed by atoms with Gasteiger partial charge >= 0.3 is 0 Å². The first kappa shape index (κ1) is 12.7. The Kier molecular flexibility index (Phi) is 4.80. The zero-order valence-electron chi connectivity index (χ0n) is 10.3. The van der Waals surface area contributed by atoms with Crippen LogP contribution in [0, 0.1) is 0 Å². The summed E-state index contributed by atoms with van der Waals surface area (Å²) in [5.41, 5.74) is 3.48. The minimum absolute atomic E-state index is 0.324. The molecule has 0 aromatic heterocycles. The van der Waals surface area contributed by atoms with Crippen molar-refractivity contribution in [1.82, 2.24) is 0 Å². The molecule has 0 aliphatic heterocycles. The SMILES string of the molecule is C[Si](C)(C)/C=C/C(O)C1=CCCCCC1. The molecule has 1 aliphatic rings. The van der Waals surface area contributed by atoms with Crippen LogP contribution in [0.3, 0.4) is 0 Å². The fourth-order valence-corrected chi connectivity index (χ4v) is 2.57. The van der Waals surface area contributed by atoms with Crippen molar-refractivity contribution in [1.29, 1.82) is 0 Å². The molecular formula is C13H24OSi. The predicted molar refractivity (Wildman–Crippen MR) is 69.7 cm³/mol. The summed E-state index contributed by atoms with van der Waals surface area (Å²) in [6, 6.07) is 0. The second-order valence-electron chi connectivity index (χ2n) is 5.55. The molecule has 15 heavy (non-hydrogen) atoms. The summed E-state index contributed by atoms with van der Waals surface area (Å²) in [5, 5.41) is 10.0. The second kappa shape index (κ2) is 5.66. The first-order valence-corrected chi connectivity index (χ1v) is 9.63. The van der Waals surface area contributed by atoms with Gasteiger partial charge in [-0.2, -0.15) is 0 Å². The van der Waals surface area contributed by atoms with Crippen molar-refractivity contribution in [2.75, 3.05) is 0 Å². The minimum Gasteiger partial charge on any atom is -0.385 e. The lowest BCUT2D eigenvalue weighted by Gasteiger charge is -2.13. The van der Waals surface area contributed by atoms with Crippen molar-refractivity contribution in [3.8, 4) is 0 Å². The van der Waals surface area contributed by atoms with Gasteiger partial charge in [0.2, 0.25) is 0 Å². The van der Waals surface area contributed by atoms with Gasteiger partial charge in [-0.25, -0.2) is 0 Å². The maximum atomic E-state index is 10.0. The maximum absolute atomic E-state index is 10.0. The molecule has 0 aromatic rings. The van der Waals surface area contributed by atoms with Gasteiger partial charge in [0, 0.05) is 0 Å². The Morgan fingerprint density at radius 2 is 2.00 bits per heavy atom. The van der Waals surface area contributed by atoms with Gasteiger partial charge in [-0.3, -0.25) is 0 Å². The number of aliphatic hydroxyl groups is 1. The van der Waals surface area contributed by atoms with Crippen LogP contribution in [0.25, 0.3) is 0 Å². The highest BCUT2D eigenvalue weighted by Crippen LogP contribution is 2.20. The summed E-state index contributed by atoms with van der Waals surface area (Å²) in [4.78, 5) is 0. The van der Waals surface area contributed by atoms with Gasteiger partial charge in [-0.05, 0) is 31.3 Å². The number of aliphatic hydroxyl groups excluding tert-OH is 1. The molecule has 0 bridgehead atoms. The Bertz CT molecular complexity index is 248. The fourth-order valence-electron chi connectivity index (χ4n) is 1.81. The lowest BCUT2D eigenvalue weighted by molar-refractivity contribution is 0.254. The molecule has 2 heteroatoms. The number of rotatable bonds is 3. The van der Waals surface area contributed by atoms with Crippen molar-refractivity contribution < 1.29 is 5.11 Å². The molecule has 1 rings (SSSR count). The summed E-state index contributed by atoms with van der Waals surface area (Å²) in [5.74, 6) is 0. The Hall–Kier alpha value is -0.343. The normalized spacial score (nSPS) is 21.2.